The Hall–Kier alpha value is -4.46. The summed E-state index contributed by atoms with van der Waals surface area (Å²) < 4.78 is 0. The van der Waals surface area contributed by atoms with E-state index in [1.54, 1.807) is 0 Å². The first-order chi connectivity index (χ1) is 14.2. The predicted octanol–water partition coefficient (Wildman–Crippen LogP) is 3.81. The molecule has 3 aromatic carbocycles. The van der Waals surface area contributed by atoms with Crippen LogP contribution in [-0.2, 0) is 0 Å². The van der Waals surface area contributed by atoms with E-state index in [-0.39, 0.29) is 44.5 Å². The van der Waals surface area contributed by atoms with E-state index in [9.17, 15) is 39.6 Å². The van der Waals surface area contributed by atoms with Crippen LogP contribution in [0, 0.1) is 0 Å². The van der Waals surface area contributed by atoms with Crippen molar-refractivity contribution in [1.82, 2.24) is 0 Å². The van der Waals surface area contributed by atoms with Gasteiger partial charge in [-0.2, -0.15) is 0 Å². The lowest BCUT2D eigenvalue weighted by atomic mass is 9.89. The van der Waals surface area contributed by atoms with Crippen molar-refractivity contribution < 1.29 is 39.6 Å². The van der Waals surface area contributed by atoms with Gasteiger partial charge in [0.1, 0.15) is 0 Å². The van der Waals surface area contributed by atoms with E-state index < -0.39 is 23.9 Å². The van der Waals surface area contributed by atoms with Crippen molar-refractivity contribution in [1.29, 1.82) is 0 Å². The molecule has 8 heteroatoms. The van der Waals surface area contributed by atoms with E-state index in [2.05, 4.69) is 0 Å². The summed E-state index contributed by atoms with van der Waals surface area (Å²) in [7, 11) is 0. The molecule has 150 valence electrons. The van der Waals surface area contributed by atoms with Gasteiger partial charge in [0, 0.05) is 0 Å². The van der Waals surface area contributed by atoms with Crippen molar-refractivity contribution in [3.63, 3.8) is 0 Å². The van der Waals surface area contributed by atoms with Gasteiger partial charge >= 0.3 is 23.9 Å². The smallest absolute Gasteiger partial charge is 0.336 e. The third-order valence-electron chi connectivity index (χ3n) is 4.46. The molecule has 4 N–H and O–H groups in total. The molecular formula is C22H14O8. The number of hydrogen-bond donors (Lipinski definition) is 4. The highest BCUT2D eigenvalue weighted by Crippen LogP contribution is 2.34. The fourth-order valence-electron chi connectivity index (χ4n) is 3.07. The van der Waals surface area contributed by atoms with Gasteiger partial charge in [0.15, 0.2) is 0 Å². The minimum Gasteiger partial charge on any atom is -0.478 e. The Balaban J connectivity index is 2.34. The first-order valence-corrected chi connectivity index (χ1v) is 8.51. The Morgan fingerprint density at radius 1 is 0.500 bits per heavy atom. The number of carboxylic acid groups (broad SMARTS) is 4. The minimum absolute atomic E-state index is 0.0689. The molecular weight excluding hydrogens is 392 g/mol. The Bertz CT molecular complexity index is 1120. The first-order valence-electron chi connectivity index (χ1n) is 8.51. The third-order valence-corrected chi connectivity index (χ3v) is 4.46. The van der Waals surface area contributed by atoms with Crippen LogP contribution in [0.2, 0.25) is 0 Å². The van der Waals surface area contributed by atoms with Gasteiger partial charge in [0.05, 0.1) is 22.3 Å². The van der Waals surface area contributed by atoms with Gasteiger partial charge in [0.25, 0.3) is 0 Å². The fourth-order valence-corrected chi connectivity index (χ4v) is 3.07. The molecule has 30 heavy (non-hydrogen) atoms. The van der Waals surface area contributed by atoms with Crippen LogP contribution >= 0.6 is 0 Å². The maximum atomic E-state index is 11.8. The maximum absolute atomic E-state index is 11.8. The molecule has 3 rings (SSSR count). The fraction of sp³-hybridized carbons (Fsp3) is 0. The van der Waals surface area contributed by atoms with Crippen LogP contribution in [0.4, 0.5) is 0 Å². The van der Waals surface area contributed by atoms with E-state index in [1.807, 2.05) is 0 Å². The first kappa shape index (κ1) is 20.3. The molecule has 0 radical (unpaired) electrons. The second-order valence-corrected chi connectivity index (χ2v) is 6.33. The van der Waals surface area contributed by atoms with Gasteiger partial charge in [-0.1, -0.05) is 24.3 Å². The number of hydrogen-bond acceptors (Lipinski definition) is 4. The van der Waals surface area contributed by atoms with Crippen molar-refractivity contribution in [3.05, 3.63) is 82.9 Å². The molecule has 0 fully saturated rings. The van der Waals surface area contributed by atoms with Crippen LogP contribution < -0.4 is 0 Å². The lowest BCUT2D eigenvalue weighted by Crippen LogP contribution is -2.07. The Morgan fingerprint density at radius 3 is 1.23 bits per heavy atom. The van der Waals surface area contributed by atoms with E-state index >= 15 is 0 Å². The zero-order valence-electron chi connectivity index (χ0n) is 15.2. The summed E-state index contributed by atoms with van der Waals surface area (Å²) >= 11 is 0. The molecule has 0 aliphatic heterocycles. The summed E-state index contributed by atoms with van der Waals surface area (Å²) in [5, 5.41) is 37.6. The highest BCUT2D eigenvalue weighted by Gasteiger charge is 2.21. The molecule has 0 saturated carbocycles. The van der Waals surface area contributed by atoms with Gasteiger partial charge in [-0.05, 0) is 58.7 Å². The molecule has 0 spiro atoms. The second kappa shape index (κ2) is 7.88. The summed E-state index contributed by atoms with van der Waals surface area (Å²) in [5.41, 5.74) is -0.0558. The normalized spacial score (nSPS) is 10.4. The van der Waals surface area contributed by atoms with Crippen LogP contribution in [-0.4, -0.2) is 44.3 Å². The summed E-state index contributed by atoms with van der Waals surface area (Å²) in [4.78, 5) is 46.2. The highest BCUT2D eigenvalue weighted by molar-refractivity contribution is 6.05. The standard InChI is InChI=1S/C22H14O8/c23-19(24)13-5-1-3-11(7-13)15-9-16(12-4-2-6-14(8-12)20(25)26)18(22(29)30)10-17(15)21(27)28/h1-10H,(H,23,24)(H,25,26)(H,27,28)(H,29,30). The molecule has 3 aromatic rings. The van der Waals surface area contributed by atoms with Gasteiger partial charge in [-0.3, -0.25) is 0 Å². The SMILES string of the molecule is O=C(O)c1cccc(-c2cc(-c3cccc(C(=O)O)c3)c(C(=O)O)cc2C(=O)O)c1. The lowest BCUT2D eigenvalue weighted by molar-refractivity contribution is 0.0682. The highest BCUT2D eigenvalue weighted by atomic mass is 16.4. The van der Waals surface area contributed by atoms with Gasteiger partial charge in [-0.25, -0.2) is 19.2 Å². The van der Waals surface area contributed by atoms with E-state index in [0.717, 1.165) is 6.07 Å². The van der Waals surface area contributed by atoms with Crippen molar-refractivity contribution in [2.24, 2.45) is 0 Å². The molecule has 0 aromatic heterocycles. The zero-order valence-corrected chi connectivity index (χ0v) is 15.2. The largest absolute Gasteiger partial charge is 0.478 e. The molecule has 0 aliphatic carbocycles. The average Bonchev–Trinajstić information content (AvgIpc) is 2.72. The molecule has 0 aliphatic rings. The number of aromatic carboxylic acids is 4. The molecule has 0 amide bonds. The van der Waals surface area contributed by atoms with Crippen LogP contribution in [0.25, 0.3) is 22.3 Å². The zero-order chi connectivity index (χ0) is 22.0. The molecule has 8 nitrogen and oxygen atoms in total. The van der Waals surface area contributed by atoms with Crippen LogP contribution in [0.1, 0.15) is 41.4 Å². The quantitative estimate of drug-likeness (QED) is 0.483. The predicted molar refractivity (Wildman–Crippen MR) is 105 cm³/mol. The Kier molecular flexibility index (Phi) is 5.33. The molecule has 0 unspecified atom stereocenters. The van der Waals surface area contributed by atoms with Crippen molar-refractivity contribution in [2.45, 2.75) is 0 Å². The summed E-state index contributed by atoms with van der Waals surface area (Å²) in [6, 6.07) is 13.4. The third kappa shape index (κ3) is 3.88. The van der Waals surface area contributed by atoms with Crippen LogP contribution in [0.3, 0.4) is 0 Å². The topological polar surface area (TPSA) is 149 Å². The lowest BCUT2D eigenvalue weighted by Gasteiger charge is -2.14. The molecule has 0 heterocycles. The summed E-state index contributed by atoms with van der Waals surface area (Å²) in [5.74, 6) is -5.19. The van der Waals surface area contributed by atoms with Gasteiger partial charge in [0.2, 0.25) is 0 Å². The molecule has 0 atom stereocenters. The van der Waals surface area contributed by atoms with E-state index in [4.69, 9.17) is 0 Å². The van der Waals surface area contributed by atoms with Gasteiger partial charge in [-0.15, -0.1) is 0 Å². The number of carbonyl (C=O) groups is 4. The number of carboxylic acids is 4. The summed E-state index contributed by atoms with van der Waals surface area (Å²) in [6.07, 6.45) is 0. The number of benzene rings is 3. The van der Waals surface area contributed by atoms with Crippen LogP contribution in [0.5, 0.6) is 0 Å². The van der Waals surface area contributed by atoms with E-state index in [1.165, 1.54) is 54.6 Å². The maximum Gasteiger partial charge on any atom is 0.336 e. The number of rotatable bonds is 6. The minimum atomic E-state index is -1.39. The Morgan fingerprint density at radius 2 is 0.900 bits per heavy atom. The van der Waals surface area contributed by atoms with Gasteiger partial charge < -0.3 is 20.4 Å². The van der Waals surface area contributed by atoms with Crippen molar-refractivity contribution in [2.75, 3.05) is 0 Å². The monoisotopic (exact) mass is 406 g/mol. The average molecular weight is 406 g/mol. The second-order valence-electron chi connectivity index (χ2n) is 6.33. The van der Waals surface area contributed by atoms with E-state index in [0.29, 0.717) is 0 Å². The Labute approximate surface area is 169 Å². The molecule has 0 saturated heterocycles. The molecule has 0 bridgehead atoms. The van der Waals surface area contributed by atoms with Crippen LogP contribution in [0.15, 0.2) is 60.7 Å². The summed E-state index contributed by atoms with van der Waals surface area (Å²) in [6.45, 7) is 0. The van der Waals surface area contributed by atoms with Crippen molar-refractivity contribution >= 4 is 23.9 Å². The van der Waals surface area contributed by atoms with Crippen molar-refractivity contribution in [3.8, 4) is 22.3 Å².